The molecule has 2 atom stereocenters. The fourth-order valence-electron chi connectivity index (χ4n) is 3.04. The summed E-state index contributed by atoms with van der Waals surface area (Å²) in [6, 6.07) is -0.0507. The molecule has 0 aromatic carbocycles. The molecule has 1 aliphatic heterocycles. The predicted octanol–water partition coefficient (Wildman–Crippen LogP) is 1.10. The fraction of sp³-hybridized carbons (Fsp3) is 0.625. The summed E-state index contributed by atoms with van der Waals surface area (Å²) in [5.74, 6) is 0.973. The van der Waals surface area contributed by atoms with Crippen LogP contribution in [0.4, 0.5) is 4.79 Å². The second kappa shape index (κ2) is 6.52. The number of hydrogen-bond donors (Lipinski definition) is 2. The number of aliphatic hydroxyl groups is 1. The summed E-state index contributed by atoms with van der Waals surface area (Å²) in [4.78, 5) is 14.0. The van der Waals surface area contributed by atoms with Gasteiger partial charge in [-0.1, -0.05) is 12.2 Å². The minimum atomic E-state index is -0.0507. The van der Waals surface area contributed by atoms with Crippen molar-refractivity contribution in [1.82, 2.24) is 20.0 Å². The molecular formula is C16H24N4O2. The molecule has 2 aliphatic rings. The van der Waals surface area contributed by atoms with Gasteiger partial charge in [-0.15, -0.1) is 0 Å². The number of likely N-dealkylation sites (tertiary alicyclic amines) is 1. The third kappa shape index (κ3) is 3.50. The van der Waals surface area contributed by atoms with E-state index in [4.69, 9.17) is 0 Å². The lowest BCUT2D eigenvalue weighted by Gasteiger charge is -2.16. The summed E-state index contributed by atoms with van der Waals surface area (Å²) in [7, 11) is 1.88. The number of amides is 2. The zero-order chi connectivity index (χ0) is 15.5. The summed E-state index contributed by atoms with van der Waals surface area (Å²) in [5.41, 5.74) is 1.09. The minimum Gasteiger partial charge on any atom is -0.396 e. The SMILES string of the molecule is Cn1cc([C@@H]2CN(C(=O)NC/C=C/C3CC3)C[C@H]2CO)cn1. The average molecular weight is 304 g/mol. The van der Waals surface area contributed by atoms with E-state index < -0.39 is 0 Å². The normalized spacial score (nSPS) is 25.1. The van der Waals surface area contributed by atoms with Crippen LogP contribution in [0.5, 0.6) is 0 Å². The molecule has 6 nitrogen and oxygen atoms in total. The molecule has 0 unspecified atom stereocenters. The number of urea groups is 1. The van der Waals surface area contributed by atoms with Crippen LogP contribution in [0.1, 0.15) is 24.3 Å². The van der Waals surface area contributed by atoms with E-state index in [1.807, 2.05) is 25.5 Å². The first kappa shape index (κ1) is 15.1. The molecule has 22 heavy (non-hydrogen) atoms. The highest BCUT2D eigenvalue weighted by molar-refractivity contribution is 5.74. The van der Waals surface area contributed by atoms with Gasteiger partial charge in [0.15, 0.2) is 0 Å². The molecule has 6 heteroatoms. The number of hydrogen-bond acceptors (Lipinski definition) is 3. The van der Waals surface area contributed by atoms with Crippen molar-refractivity contribution in [3.63, 3.8) is 0 Å². The van der Waals surface area contributed by atoms with Gasteiger partial charge in [0.2, 0.25) is 0 Å². The fourth-order valence-corrected chi connectivity index (χ4v) is 3.04. The maximum absolute atomic E-state index is 12.2. The third-order valence-corrected chi connectivity index (χ3v) is 4.52. The molecule has 0 radical (unpaired) electrons. The highest BCUT2D eigenvalue weighted by atomic mass is 16.3. The van der Waals surface area contributed by atoms with Crippen LogP contribution in [0.25, 0.3) is 0 Å². The highest BCUT2D eigenvalue weighted by Gasteiger charge is 2.36. The Morgan fingerprint density at radius 3 is 2.95 bits per heavy atom. The van der Waals surface area contributed by atoms with E-state index in [9.17, 15) is 9.90 Å². The van der Waals surface area contributed by atoms with Crippen LogP contribution in [-0.2, 0) is 7.05 Å². The minimum absolute atomic E-state index is 0.0507. The topological polar surface area (TPSA) is 70.4 Å². The van der Waals surface area contributed by atoms with Crippen molar-refractivity contribution < 1.29 is 9.90 Å². The maximum atomic E-state index is 12.2. The van der Waals surface area contributed by atoms with Crippen LogP contribution >= 0.6 is 0 Å². The molecule has 0 spiro atoms. The first-order chi connectivity index (χ1) is 10.7. The molecule has 2 fully saturated rings. The molecule has 1 aromatic heterocycles. The second-order valence-electron chi connectivity index (χ2n) is 6.35. The van der Waals surface area contributed by atoms with Crippen LogP contribution in [0.15, 0.2) is 24.5 Å². The molecule has 1 aromatic rings. The van der Waals surface area contributed by atoms with E-state index in [-0.39, 0.29) is 24.5 Å². The van der Waals surface area contributed by atoms with Crippen LogP contribution < -0.4 is 5.32 Å². The van der Waals surface area contributed by atoms with Gasteiger partial charge in [0.05, 0.1) is 6.20 Å². The Hall–Kier alpha value is -1.82. The van der Waals surface area contributed by atoms with Crippen molar-refractivity contribution in [2.24, 2.45) is 18.9 Å². The summed E-state index contributed by atoms with van der Waals surface area (Å²) in [6.07, 6.45) is 10.6. The number of aliphatic hydroxyl groups excluding tert-OH is 1. The number of aryl methyl sites for hydroxylation is 1. The van der Waals surface area contributed by atoms with Crippen molar-refractivity contribution in [3.8, 4) is 0 Å². The standard InChI is InChI=1S/C16H24N4O2/c1-19-8-13(7-18-19)15-10-20(9-14(15)11-21)16(22)17-6-2-3-12-4-5-12/h2-3,7-8,12,14-15,21H,4-6,9-11H2,1H3,(H,17,22)/b3-2+/t14-,15-/m0/s1. The van der Waals surface area contributed by atoms with Crippen molar-refractivity contribution in [2.45, 2.75) is 18.8 Å². The largest absolute Gasteiger partial charge is 0.396 e. The van der Waals surface area contributed by atoms with E-state index in [1.165, 1.54) is 12.8 Å². The zero-order valence-corrected chi connectivity index (χ0v) is 13.0. The molecule has 2 amide bonds. The van der Waals surface area contributed by atoms with Gasteiger partial charge >= 0.3 is 6.03 Å². The molecular weight excluding hydrogens is 280 g/mol. The van der Waals surface area contributed by atoms with Gasteiger partial charge in [0.1, 0.15) is 0 Å². The number of rotatable bonds is 5. The Bertz CT molecular complexity index is 550. The Balaban J connectivity index is 1.54. The smallest absolute Gasteiger partial charge is 0.317 e. The molecule has 3 rings (SSSR count). The predicted molar refractivity (Wildman–Crippen MR) is 83.4 cm³/mol. The van der Waals surface area contributed by atoms with Gasteiger partial charge in [-0.3, -0.25) is 4.68 Å². The first-order valence-electron chi connectivity index (χ1n) is 7.96. The van der Waals surface area contributed by atoms with E-state index in [2.05, 4.69) is 16.5 Å². The van der Waals surface area contributed by atoms with Gasteiger partial charge < -0.3 is 15.3 Å². The van der Waals surface area contributed by atoms with Gasteiger partial charge in [0.25, 0.3) is 0 Å². The molecule has 1 saturated carbocycles. The molecule has 120 valence electrons. The van der Waals surface area contributed by atoms with Gasteiger partial charge in [-0.05, 0) is 24.3 Å². The number of allylic oxidation sites excluding steroid dienone is 1. The summed E-state index contributed by atoms with van der Waals surface area (Å²) < 4.78 is 1.76. The van der Waals surface area contributed by atoms with Gasteiger partial charge in [0, 0.05) is 51.3 Å². The maximum Gasteiger partial charge on any atom is 0.317 e. The number of nitrogens with zero attached hydrogens (tertiary/aromatic N) is 3. The Morgan fingerprint density at radius 1 is 1.50 bits per heavy atom. The summed E-state index contributed by atoms with van der Waals surface area (Å²) in [6.45, 7) is 1.89. The van der Waals surface area contributed by atoms with E-state index in [0.717, 1.165) is 11.5 Å². The lowest BCUT2D eigenvalue weighted by atomic mass is 9.92. The van der Waals surface area contributed by atoms with E-state index in [0.29, 0.717) is 19.6 Å². The number of carbonyl (C=O) groups is 1. The number of aromatic nitrogens is 2. The zero-order valence-electron chi connectivity index (χ0n) is 13.0. The summed E-state index contributed by atoms with van der Waals surface area (Å²) in [5, 5.41) is 16.7. The van der Waals surface area contributed by atoms with E-state index in [1.54, 1.807) is 9.58 Å². The van der Waals surface area contributed by atoms with Crippen molar-refractivity contribution in [3.05, 3.63) is 30.1 Å². The van der Waals surface area contributed by atoms with Crippen LogP contribution in [0.3, 0.4) is 0 Å². The quantitative estimate of drug-likeness (QED) is 0.800. The molecule has 1 saturated heterocycles. The second-order valence-corrected chi connectivity index (χ2v) is 6.35. The third-order valence-electron chi connectivity index (χ3n) is 4.52. The highest BCUT2D eigenvalue weighted by Crippen LogP contribution is 2.32. The number of carbonyl (C=O) groups excluding carboxylic acids is 1. The van der Waals surface area contributed by atoms with Crippen LogP contribution in [-0.4, -0.2) is 52.1 Å². The van der Waals surface area contributed by atoms with Gasteiger partial charge in [-0.25, -0.2) is 4.79 Å². The molecule has 2 N–H and O–H groups in total. The lowest BCUT2D eigenvalue weighted by molar-refractivity contribution is 0.198. The van der Waals surface area contributed by atoms with Crippen LogP contribution in [0.2, 0.25) is 0 Å². The van der Waals surface area contributed by atoms with Crippen molar-refractivity contribution >= 4 is 6.03 Å². The van der Waals surface area contributed by atoms with E-state index >= 15 is 0 Å². The average Bonchev–Trinajstić information content (AvgIpc) is 3.07. The first-order valence-corrected chi connectivity index (χ1v) is 7.96. The van der Waals surface area contributed by atoms with Crippen molar-refractivity contribution in [1.29, 1.82) is 0 Å². The molecule has 1 aliphatic carbocycles. The Kier molecular flexibility index (Phi) is 4.47. The lowest BCUT2D eigenvalue weighted by Crippen LogP contribution is -2.38. The monoisotopic (exact) mass is 304 g/mol. The van der Waals surface area contributed by atoms with Crippen LogP contribution in [0, 0.1) is 11.8 Å². The summed E-state index contributed by atoms with van der Waals surface area (Å²) >= 11 is 0. The molecule has 2 heterocycles. The Labute approximate surface area is 130 Å². The number of nitrogens with one attached hydrogen (secondary N) is 1. The van der Waals surface area contributed by atoms with Crippen molar-refractivity contribution in [2.75, 3.05) is 26.2 Å². The Morgan fingerprint density at radius 2 is 2.32 bits per heavy atom. The van der Waals surface area contributed by atoms with Gasteiger partial charge in [-0.2, -0.15) is 5.10 Å². The molecule has 0 bridgehead atoms.